The molecule has 0 N–H and O–H groups in total. The van der Waals surface area contributed by atoms with Gasteiger partial charge in [0, 0.05) is 24.2 Å². The predicted octanol–water partition coefficient (Wildman–Crippen LogP) is 2.98. The summed E-state index contributed by atoms with van der Waals surface area (Å²) in [5.74, 6) is 1.96. The van der Waals surface area contributed by atoms with Crippen LogP contribution in [-0.2, 0) is 6.42 Å². The van der Waals surface area contributed by atoms with Crippen LogP contribution in [0.3, 0.4) is 0 Å². The number of aryl methyl sites for hydroxylation is 1. The van der Waals surface area contributed by atoms with E-state index in [9.17, 15) is 0 Å². The van der Waals surface area contributed by atoms with Crippen LogP contribution in [0.1, 0.15) is 12.7 Å². The summed E-state index contributed by atoms with van der Waals surface area (Å²) in [5.41, 5.74) is 1.01. The van der Waals surface area contributed by atoms with Crippen molar-refractivity contribution in [2.75, 3.05) is 0 Å². The molecule has 0 fully saturated rings. The second-order valence-electron chi connectivity index (χ2n) is 3.93. The van der Waals surface area contributed by atoms with E-state index in [1.54, 1.807) is 0 Å². The molecule has 0 amide bonds. The molecule has 1 aromatic carbocycles. The number of pyridine rings is 1. The summed E-state index contributed by atoms with van der Waals surface area (Å²) < 4.78 is 2.03. The predicted molar refractivity (Wildman–Crippen MR) is 68.2 cm³/mol. The molecule has 3 rings (SSSR count). The van der Waals surface area contributed by atoms with Crippen LogP contribution in [0.4, 0.5) is 0 Å². The Kier molecular flexibility index (Phi) is 2.37. The summed E-state index contributed by atoms with van der Waals surface area (Å²) in [6, 6.07) is 12.3. The van der Waals surface area contributed by atoms with Crippen molar-refractivity contribution in [2.45, 2.75) is 13.3 Å². The maximum absolute atomic E-state index is 4.65. The van der Waals surface area contributed by atoms with E-state index in [0.717, 1.165) is 29.0 Å². The Labute approximate surface area is 99.8 Å². The molecule has 84 valence electrons. The standard InChI is InChI=1S/C14H13N3/c1-2-13-15-9-10-17(13)14-8-7-11-5-3-4-6-12(11)16-14/h3-10H,2H2,1H3. The number of aromatic nitrogens is 3. The van der Waals surface area contributed by atoms with Crippen LogP contribution in [0.25, 0.3) is 16.7 Å². The van der Waals surface area contributed by atoms with Gasteiger partial charge in [0.1, 0.15) is 11.6 Å². The van der Waals surface area contributed by atoms with Crippen molar-refractivity contribution in [3.05, 3.63) is 54.6 Å². The van der Waals surface area contributed by atoms with E-state index in [2.05, 4.69) is 29.0 Å². The molecular formula is C14H13N3. The van der Waals surface area contributed by atoms with Crippen molar-refractivity contribution in [3.8, 4) is 5.82 Å². The summed E-state index contributed by atoms with van der Waals surface area (Å²) in [5, 5.41) is 1.16. The van der Waals surface area contributed by atoms with Gasteiger partial charge in [-0.1, -0.05) is 25.1 Å². The zero-order valence-corrected chi connectivity index (χ0v) is 9.67. The Morgan fingerprint density at radius 2 is 2.00 bits per heavy atom. The molecule has 0 aliphatic rings. The van der Waals surface area contributed by atoms with E-state index >= 15 is 0 Å². The lowest BCUT2D eigenvalue weighted by molar-refractivity contribution is 0.872. The van der Waals surface area contributed by atoms with Crippen molar-refractivity contribution in [2.24, 2.45) is 0 Å². The SMILES string of the molecule is CCc1nccn1-c1ccc2ccccc2n1. The first kappa shape index (κ1) is 10.0. The number of hydrogen-bond donors (Lipinski definition) is 0. The number of benzene rings is 1. The Morgan fingerprint density at radius 3 is 2.88 bits per heavy atom. The number of hydrogen-bond acceptors (Lipinski definition) is 2. The molecule has 0 saturated heterocycles. The fourth-order valence-corrected chi connectivity index (χ4v) is 1.99. The molecule has 0 aliphatic heterocycles. The van der Waals surface area contributed by atoms with Crippen LogP contribution >= 0.6 is 0 Å². The largest absolute Gasteiger partial charge is 0.288 e. The Bertz CT molecular complexity index is 655. The van der Waals surface area contributed by atoms with Gasteiger partial charge in [-0.25, -0.2) is 9.97 Å². The second-order valence-corrected chi connectivity index (χ2v) is 3.93. The van der Waals surface area contributed by atoms with E-state index in [4.69, 9.17) is 0 Å². The van der Waals surface area contributed by atoms with Crippen LogP contribution in [0, 0.1) is 0 Å². The fourth-order valence-electron chi connectivity index (χ4n) is 1.99. The van der Waals surface area contributed by atoms with Crippen LogP contribution in [-0.4, -0.2) is 14.5 Å². The average molecular weight is 223 g/mol. The molecule has 0 bridgehead atoms. The summed E-state index contributed by atoms with van der Waals surface area (Å²) >= 11 is 0. The molecule has 3 heteroatoms. The van der Waals surface area contributed by atoms with Crippen molar-refractivity contribution in [1.29, 1.82) is 0 Å². The Hall–Kier alpha value is -2.16. The highest BCUT2D eigenvalue weighted by atomic mass is 15.1. The lowest BCUT2D eigenvalue weighted by Gasteiger charge is -2.06. The highest BCUT2D eigenvalue weighted by Crippen LogP contribution is 2.15. The smallest absolute Gasteiger partial charge is 0.138 e. The molecular weight excluding hydrogens is 210 g/mol. The lowest BCUT2D eigenvalue weighted by Crippen LogP contribution is -2.01. The van der Waals surface area contributed by atoms with E-state index in [1.807, 2.05) is 41.2 Å². The van der Waals surface area contributed by atoms with Gasteiger partial charge in [0.15, 0.2) is 0 Å². The van der Waals surface area contributed by atoms with Gasteiger partial charge in [-0.15, -0.1) is 0 Å². The summed E-state index contributed by atoms with van der Waals surface area (Å²) in [6.07, 6.45) is 4.67. The van der Waals surface area contributed by atoms with Crippen molar-refractivity contribution < 1.29 is 0 Å². The minimum absolute atomic E-state index is 0.904. The van der Waals surface area contributed by atoms with Crippen LogP contribution in [0.15, 0.2) is 48.8 Å². The van der Waals surface area contributed by atoms with Gasteiger partial charge in [0.25, 0.3) is 0 Å². The lowest BCUT2D eigenvalue weighted by atomic mass is 10.2. The molecule has 2 heterocycles. The van der Waals surface area contributed by atoms with Crippen LogP contribution in [0.2, 0.25) is 0 Å². The first-order chi connectivity index (χ1) is 8.38. The average Bonchev–Trinajstić information content (AvgIpc) is 2.86. The van der Waals surface area contributed by atoms with Gasteiger partial charge in [-0.3, -0.25) is 4.57 Å². The van der Waals surface area contributed by atoms with E-state index in [1.165, 1.54) is 0 Å². The molecule has 17 heavy (non-hydrogen) atoms. The van der Waals surface area contributed by atoms with Crippen molar-refractivity contribution >= 4 is 10.9 Å². The summed E-state index contributed by atoms with van der Waals surface area (Å²) in [6.45, 7) is 2.10. The Balaban J connectivity index is 2.18. The topological polar surface area (TPSA) is 30.7 Å². The summed E-state index contributed by atoms with van der Waals surface area (Å²) in [7, 11) is 0. The first-order valence-corrected chi connectivity index (χ1v) is 5.77. The molecule has 0 radical (unpaired) electrons. The number of nitrogens with zero attached hydrogens (tertiary/aromatic N) is 3. The zero-order valence-electron chi connectivity index (χ0n) is 9.67. The third kappa shape index (κ3) is 1.69. The van der Waals surface area contributed by atoms with Gasteiger partial charge in [-0.05, 0) is 18.2 Å². The quantitative estimate of drug-likeness (QED) is 0.668. The van der Waals surface area contributed by atoms with Crippen molar-refractivity contribution in [1.82, 2.24) is 14.5 Å². The highest BCUT2D eigenvalue weighted by Gasteiger charge is 2.04. The molecule has 0 saturated carbocycles. The third-order valence-corrected chi connectivity index (χ3v) is 2.86. The maximum Gasteiger partial charge on any atom is 0.138 e. The normalized spacial score (nSPS) is 10.9. The van der Waals surface area contributed by atoms with Gasteiger partial charge >= 0.3 is 0 Å². The number of rotatable bonds is 2. The number of imidazole rings is 1. The van der Waals surface area contributed by atoms with Gasteiger partial charge in [-0.2, -0.15) is 0 Å². The van der Waals surface area contributed by atoms with Crippen LogP contribution in [0.5, 0.6) is 0 Å². The fraction of sp³-hybridized carbons (Fsp3) is 0.143. The third-order valence-electron chi connectivity index (χ3n) is 2.86. The molecule has 2 aromatic heterocycles. The van der Waals surface area contributed by atoms with E-state index in [0.29, 0.717) is 0 Å². The number of para-hydroxylation sites is 1. The van der Waals surface area contributed by atoms with Gasteiger partial charge in [0.05, 0.1) is 5.52 Å². The van der Waals surface area contributed by atoms with E-state index < -0.39 is 0 Å². The molecule has 0 atom stereocenters. The molecule has 0 unspecified atom stereocenters. The molecule has 0 spiro atoms. The summed E-state index contributed by atoms with van der Waals surface area (Å²) in [4.78, 5) is 8.96. The minimum Gasteiger partial charge on any atom is -0.288 e. The minimum atomic E-state index is 0.904. The van der Waals surface area contributed by atoms with Crippen LogP contribution < -0.4 is 0 Å². The number of fused-ring (bicyclic) bond motifs is 1. The van der Waals surface area contributed by atoms with Gasteiger partial charge in [0.2, 0.25) is 0 Å². The highest BCUT2D eigenvalue weighted by molar-refractivity contribution is 5.79. The van der Waals surface area contributed by atoms with Crippen molar-refractivity contribution in [3.63, 3.8) is 0 Å². The van der Waals surface area contributed by atoms with Gasteiger partial charge < -0.3 is 0 Å². The zero-order chi connectivity index (χ0) is 11.7. The monoisotopic (exact) mass is 223 g/mol. The first-order valence-electron chi connectivity index (χ1n) is 5.77. The van der Waals surface area contributed by atoms with E-state index in [-0.39, 0.29) is 0 Å². The second kappa shape index (κ2) is 4.01. The maximum atomic E-state index is 4.65. The Morgan fingerprint density at radius 1 is 1.12 bits per heavy atom. The molecule has 3 aromatic rings. The molecule has 3 nitrogen and oxygen atoms in total. The molecule has 0 aliphatic carbocycles.